The maximum Gasteiger partial charge on any atom is 0.332 e. The van der Waals surface area contributed by atoms with Crippen molar-refractivity contribution in [1.82, 2.24) is 9.80 Å². The minimum atomic E-state index is -1.62. The number of halogens is 2. The van der Waals surface area contributed by atoms with E-state index in [9.17, 15) is 19.2 Å². The molecule has 0 saturated carbocycles. The first-order valence-corrected chi connectivity index (χ1v) is 14.2. The summed E-state index contributed by atoms with van der Waals surface area (Å²) in [7, 11) is 0. The zero-order chi connectivity index (χ0) is 28.6. The van der Waals surface area contributed by atoms with Gasteiger partial charge in [0.1, 0.15) is 5.54 Å². The minimum Gasteiger partial charge on any atom is -0.300 e. The van der Waals surface area contributed by atoms with E-state index < -0.39 is 46.8 Å². The van der Waals surface area contributed by atoms with Crippen LogP contribution in [0.4, 0.5) is 10.5 Å². The van der Waals surface area contributed by atoms with E-state index >= 15 is 0 Å². The van der Waals surface area contributed by atoms with Gasteiger partial charge in [-0.15, -0.1) is 0 Å². The Bertz CT molecular complexity index is 1550. The molecule has 0 aliphatic carbocycles. The lowest BCUT2D eigenvalue weighted by molar-refractivity contribution is -0.149. The van der Waals surface area contributed by atoms with E-state index in [0.29, 0.717) is 16.3 Å². The highest BCUT2D eigenvalue weighted by Crippen LogP contribution is 2.60. The molecule has 3 aromatic rings. The third-order valence-corrected chi connectivity index (χ3v) is 8.91. The number of rotatable bonds is 4. The number of nitrogens with zero attached hydrogens (tertiary/aromatic N) is 3. The first kappa shape index (κ1) is 26.7. The van der Waals surface area contributed by atoms with E-state index in [2.05, 4.69) is 15.9 Å². The van der Waals surface area contributed by atoms with Gasteiger partial charge < -0.3 is 4.90 Å². The molecule has 3 heterocycles. The number of anilines is 1. The van der Waals surface area contributed by atoms with E-state index in [4.69, 9.17) is 11.6 Å². The van der Waals surface area contributed by atoms with E-state index in [-0.39, 0.29) is 12.3 Å². The Labute approximate surface area is 245 Å². The van der Waals surface area contributed by atoms with Crippen LogP contribution in [-0.2, 0) is 20.8 Å². The van der Waals surface area contributed by atoms with Crippen molar-refractivity contribution in [2.75, 3.05) is 4.90 Å². The average Bonchev–Trinajstić information content (AvgIpc) is 3.42. The lowest BCUT2D eigenvalue weighted by Gasteiger charge is -2.38. The molecule has 4 atom stereocenters. The number of fused-ring (bicyclic) bond motifs is 3. The molecule has 3 fully saturated rings. The van der Waals surface area contributed by atoms with Gasteiger partial charge in [0.2, 0.25) is 11.8 Å². The van der Waals surface area contributed by atoms with Crippen LogP contribution in [0, 0.1) is 11.8 Å². The second-order valence-corrected chi connectivity index (χ2v) is 12.9. The standard InChI is InChI=1S/C31H27BrClN3O4/c1-30(2,3)36-26(37)23-24(27(36)38)31(17-18-8-5-4-6-9-18)28(39)34(22-11-7-10-21(33)16-22)29(40)35(31)25(23)19-12-14-20(32)15-13-19/h4-16,23-25H,17H2,1-3H3/t23?,24?,25?,31-/m1/s1. The van der Waals surface area contributed by atoms with Gasteiger partial charge in [-0.25, -0.2) is 9.69 Å². The third-order valence-electron chi connectivity index (χ3n) is 8.15. The number of benzene rings is 3. The van der Waals surface area contributed by atoms with Crippen molar-refractivity contribution in [3.8, 4) is 0 Å². The molecule has 3 aromatic carbocycles. The largest absolute Gasteiger partial charge is 0.332 e. The molecule has 3 saturated heterocycles. The van der Waals surface area contributed by atoms with Crippen molar-refractivity contribution in [3.63, 3.8) is 0 Å². The first-order valence-electron chi connectivity index (χ1n) is 13.1. The zero-order valence-corrected chi connectivity index (χ0v) is 24.5. The second-order valence-electron chi connectivity index (χ2n) is 11.5. The smallest absolute Gasteiger partial charge is 0.300 e. The van der Waals surface area contributed by atoms with Gasteiger partial charge in [-0.1, -0.05) is 76.1 Å². The molecule has 3 aliphatic rings. The van der Waals surface area contributed by atoms with Crippen LogP contribution < -0.4 is 4.90 Å². The summed E-state index contributed by atoms with van der Waals surface area (Å²) in [5.74, 6) is -3.31. The monoisotopic (exact) mass is 619 g/mol. The number of imide groups is 2. The van der Waals surface area contributed by atoms with Crippen LogP contribution in [0.25, 0.3) is 0 Å². The summed E-state index contributed by atoms with van der Waals surface area (Å²) in [6, 6.07) is 21.8. The number of likely N-dealkylation sites (tertiary alicyclic amines) is 1. The summed E-state index contributed by atoms with van der Waals surface area (Å²) < 4.78 is 0.830. The van der Waals surface area contributed by atoms with Gasteiger partial charge in [0, 0.05) is 21.5 Å². The number of hydrogen-bond donors (Lipinski definition) is 0. The summed E-state index contributed by atoms with van der Waals surface area (Å²) in [5.41, 5.74) is -0.638. The number of carbonyl (C=O) groups excluding carboxylic acids is 4. The molecular formula is C31H27BrClN3O4. The second kappa shape index (κ2) is 9.28. The summed E-state index contributed by atoms with van der Waals surface area (Å²) in [4.78, 5) is 61.6. The highest BCUT2D eigenvalue weighted by Gasteiger charge is 2.77. The van der Waals surface area contributed by atoms with E-state index in [0.717, 1.165) is 14.9 Å². The summed E-state index contributed by atoms with van der Waals surface area (Å²) in [6.07, 6.45) is 0.0840. The molecule has 0 aromatic heterocycles. The van der Waals surface area contributed by atoms with Crippen molar-refractivity contribution in [2.45, 2.75) is 44.3 Å². The van der Waals surface area contributed by atoms with Crippen LogP contribution in [0.15, 0.2) is 83.3 Å². The van der Waals surface area contributed by atoms with Crippen molar-refractivity contribution < 1.29 is 19.2 Å². The molecule has 3 aliphatic heterocycles. The third kappa shape index (κ3) is 3.76. The summed E-state index contributed by atoms with van der Waals surface area (Å²) in [5, 5.41) is 0.371. The van der Waals surface area contributed by atoms with Gasteiger partial charge >= 0.3 is 6.03 Å². The van der Waals surface area contributed by atoms with Crippen LogP contribution in [0.2, 0.25) is 5.02 Å². The predicted octanol–water partition coefficient (Wildman–Crippen LogP) is 6.01. The Morgan fingerprint density at radius 3 is 2.17 bits per heavy atom. The fraction of sp³-hybridized carbons (Fsp3) is 0.290. The van der Waals surface area contributed by atoms with Crippen molar-refractivity contribution in [2.24, 2.45) is 11.8 Å². The highest BCUT2D eigenvalue weighted by molar-refractivity contribution is 9.10. The molecule has 0 radical (unpaired) electrons. The van der Waals surface area contributed by atoms with Gasteiger partial charge in [0.25, 0.3) is 5.91 Å². The summed E-state index contributed by atoms with van der Waals surface area (Å²) >= 11 is 9.73. The molecule has 0 bridgehead atoms. The van der Waals surface area contributed by atoms with Crippen molar-refractivity contribution >= 4 is 57.0 Å². The Balaban J connectivity index is 1.63. The van der Waals surface area contributed by atoms with Crippen LogP contribution >= 0.6 is 27.5 Å². The molecule has 0 N–H and O–H groups in total. The van der Waals surface area contributed by atoms with E-state index in [1.165, 1.54) is 9.80 Å². The van der Waals surface area contributed by atoms with E-state index in [1.807, 2.05) is 54.6 Å². The normalized spacial score (nSPS) is 26.1. The predicted molar refractivity (Wildman–Crippen MR) is 155 cm³/mol. The summed E-state index contributed by atoms with van der Waals surface area (Å²) in [6.45, 7) is 5.42. The topological polar surface area (TPSA) is 78.0 Å². The molecule has 5 amide bonds. The van der Waals surface area contributed by atoms with E-state index in [1.54, 1.807) is 45.0 Å². The fourth-order valence-electron chi connectivity index (χ4n) is 6.68. The van der Waals surface area contributed by atoms with Gasteiger partial charge in [-0.3, -0.25) is 19.3 Å². The molecule has 6 rings (SSSR count). The van der Waals surface area contributed by atoms with Crippen LogP contribution in [-0.4, -0.2) is 44.6 Å². The molecule has 204 valence electrons. The van der Waals surface area contributed by atoms with Crippen molar-refractivity contribution in [3.05, 3.63) is 99.5 Å². The fourth-order valence-corrected chi connectivity index (χ4v) is 7.13. The van der Waals surface area contributed by atoms with Gasteiger partial charge in [-0.05, 0) is 62.2 Å². The number of hydrogen-bond acceptors (Lipinski definition) is 4. The first-order chi connectivity index (χ1) is 19.0. The van der Waals surface area contributed by atoms with Gasteiger partial charge in [0.15, 0.2) is 0 Å². The van der Waals surface area contributed by atoms with Gasteiger partial charge in [0.05, 0.1) is 23.6 Å². The quantitative estimate of drug-likeness (QED) is 0.265. The maximum absolute atomic E-state index is 14.7. The molecular weight excluding hydrogens is 594 g/mol. The molecule has 9 heteroatoms. The van der Waals surface area contributed by atoms with Crippen LogP contribution in [0.3, 0.4) is 0 Å². The zero-order valence-electron chi connectivity index (χ0n) is 22.2. The lowest BCUT2D eigenvalue weighted by atomic mass is 9.75. The number of amides is 5. The molecule has 40 heavy (non-hydrogen) atoms. The SMILES string of the molecule is CC(C)(C)N1C(=O)C2C(c3ccc(Br)cc3)N3C(=O)N(c4cccc(Cl)c4)C(=O)[C@@]3(Cc3ccccc3)C2C1=O. The van der Waals surface area contributed by atoms with Crippen LogP contribution in [0.1, 0.15) is 37.9 Å². The molecule has 7 nitrogen and oxygen atoms in total. The Hall–Kier alpha value is -3.49. The number of urea groups is 1. The average molecular weight is 621 g/mol. The number of carbonyl (C=O) groups is 4. The molecule has 0 spiro atoms. The minimum absolute atomic E-state index is 0.0840. The Morgan fingerprint density at radius 2 is 1.55 bits per heavy atom. The lowest BCUT2D eigenvalue weighted by Crippen LogP contribution is -2.57. The van der Waals surface area contributed by atoms with Crippen molar-refractivity contribution in [1.29, 1.82) is 0 Å². The Kier molecular flexibility index (Phi) is 6.20. The van der Waals surface area contributed by atoms with Gasteiger partial charge in [-0.2, -0.15) is 0 Å². The molecule has 3 unspecified atom stereocenters. The Morgan fingerprint density at radius 1 is 0.875 bits per heavy atom. The van der Waals surface area contributed by atoms with Crippen LogP contribution in [0.5, 0.6) is 0 Å². The highest BCUT2D eigenvalue weighted by atomic mass is 79.9. The maximum atomic E-state index is 14.7.